The highest BCUT2D eigenvalue weighted by atomic mass is 16.6. The molecule has 0 spiro atoms. The Morgan fingerprint density at radius 1 is 0.884 bits per heavy atom. The number of fused-ring (bicyclic) bond motifs is 6. The molecule has 1 aliphatic heterocycles. The lowest BCUT2D eigenvalue weighted by Gasteiger charge is -2.29. The summed E-state index contributed by atoms with van der Waals surface area (Å²) in [4.78, 5) is 15.1. The first-order valence-electron chi connectivity index (χ1n) is 13.6. The van der Waals surface area contributed by atoms with Gasteiger partial charge in [0, 0.05) is 11.5 Å². The molecule has 0 bridgehead atoms. The van der Waals surface area contributed by atoms with Crippen LogP contribution in [0.3, 0.4) is 0 Å². The van der Waals surface area contributed by atoms with Crippen LogP contribution in [-0.4, -0.2) is 47.1 Å². The Balaban J connectivity index is 1.31. The number of hydrogen-bond acceptors (Lipinski definition) is 9. The zero-order valence-corrected chi connectivity index (χ0v) is 23.7. The zero-order chi connectivity index (χ0) is 29.3. The molecule has 3 heterocycles. The van der Waals surface area contributed by atoms with Crippen LogP contribution in [-0.2, 0) is 11.4 Å². The lowest BCUT2D eigenvalue weighted by molar-refractivity contribution is 0.126. The summed E-state index contributed by atoms with van der Waals surface area (Å²) < 4.78 is 24.5. The van der Waals surface area contributed by atoms with Crippen molar-refractivity contribution in [2.24, 2.45) is 5.16 Å². The van der Waals surface area contributed by atoms with E-state index in [9.17, 15) is 0 Å². The van der Waals surface area contributed by atoms with Crippen LogP contribution in [0.1, 0.15) is 34.0 Å². The quantitative estimate of drug-likeness (QED) is 0.158. The van der Waals surface area contributed by atoms with Crippen molar-refractivity contribution in [2.45, 2.75) is 12.5 Å². The molecule has 0 aliphatic carbocycles. The number of ether oxygens (including phenoxy) is 4. The van der Waals surface area contributed by atoms with E-state index in [1.807, 2.05) is 60.7 Å². The van der Waals surface area contributed by atoms with Crippen LogP contribution in [0.25, 0.3) is 16.4 Å². The number of rotatable bonds is 8. The predicted octanol–water partition coefficient (Wildman–Crippen LogP) is 6.14. The lowest BCUT2D eigenvalue weighted by atomic mass is 9.81. The van der Waals surface area contributed by atoms with Gasteiger partial charge in [0.2, 0.25) is 5.88 Å². The first-order valence-corrected chi connectivity index (χ1v) is 13.6. The average Bonchev–Trinajstić information content (AvgIpc) is 3.49. The van der Waals surface area contributed by atoms with E-state index < -0.39 is 0 Å². The number of benzene rings is 4. The number of oxime groups is 1. The van der Waals surface area contributed by atoms with Crippen molar-refractivity contribution in [3.8, 4) is 28.9 Å². The van der Waals surface area contributed by atoms with E-state index in [2.05, 4.69) is 33.4 Å². The molecule has 0 amide bonds. The average molecular weight is 574 g/mol. The molecule has 7 rings (SSSR count). The van der Waals surface area contributed by atoms with E-state index in [0.717, 1.165) is 44.5 Å². The van der Waals surface area contributed by atoms with E-state index in [-0.39, 0.29) is 12.5 Å². The number of methoxy groups -OCH3 is 3. The number of hydrogen-bond donors (Lipinski definition) is 0. The van der Waals surface area contributed by atoms with Crippen LogP contribution in [0, 0.1) is 0 Å². The van der Waals surface area contributed by atoms with E-state index in [4.69, 9.17) is 28.8 Å². The van der Waals surface area contributed by atoms with Crippen LogP contribution < -0.4 is 18.9 Å². The second-order valence-electron chi connectivity index (χ2n) is 9.89. The summed E-state index contributed by atoms with van der Waals surface area (Å²) in [6.45, 7) is 0.0739. The Hall–Kier alpha value is -5.64. The van der Waals surface area contributed by atoms with Crippen molar-refractivity contribution in [1.82, 2.24) is 19.6 Å². The van der Waals surface area contributed by atoms with Gasteiger partial charge in [-0.25, -0.2) is 14.5 Å². The molecular formula is C33H27N5O5. The fraction of sp³-hybridized carbons (Fsp3) is 0.152. The fourth-order valence-corrected chi connectivity index (χ4v) is 5.46. The molecule has 10 heteroatoms. The van der Waals surface area contributed by atoms with Gasteiger partial charge in [-0.1, -0.05) is 41.6 Å². The number of aromatic nitrogens is 4. The molecule has 0 radical (unpaired) electrons. The standard InChI is InChI=1S/C33H27N5O5/c1-39-23-12-8-20(9-13-23)17-35-42-18-28-36-32-31-29(22-11-14-25(40-2)27(16-22)41-3)30-24-7-5-4-6-21(24)10-15-26(30)43-33(31)34-19-38(32)37-28/h4-17,19,29H,18H2,1-3H3/b35-17-/t29-/m1/s1. The van der Waals surface area contributed by atoms with Gasteiger partial charge in [0.05, 0.1) is 33.1 Å². The van der Waals surface area contributed by atoms with Gasteiger partial charge in [-0.15, -0.1) is 5.10 Å². The van der Waals surface area contributed by atoms with E-state index in [0.29, 0.717) is 28.9 Å². The third-order valence-corrected chi connectivity index (χ3v) is 7.47. The first kappa shape index (κ1) is 26.3. The van der Waals surface area contributed by atoms with Crippen molar-refractivity contribution < 1.29 is 23.8 Å². The molecule has 2 aromatic heterocycles. The van der Waals surface area contributed by atoms with E-state index >= 15 is 0 Å². The van der Waals surface area contributed by atoms with Crippen molar-refractivity contribution >= 4 is 22.6 Å². The molecule has 214 valence electrons. The second kappa shape index (κ2) is 11.0. The molecule has 10 nitrogen and oxygen atoms in total. The molecule has 0 saturated heterocycles. The van der Waals surface area contributed by atoms with Crippen molar-refractivity contribution in [1.29, 1.82) is 0 Å². The molecule has 6 aromatic rings. The Morgan fingerprint density at radius 2 is 1.72 bits per heavy atom. The van der Waals surface area contributed by atoms with Crippen molar-refractivity contribution in [3.05, 3.63) is 113 Å². The van der Waals surface area contributed by atoms with Gasteiger partial charge < -0.3 is 23.8 Å². The topological polar surface area (TPSA) is 102 Å². The monoisotopic (exact) mass is 573 g/mol. The SMILES string of the molecule is COc1ccc(/C=N\OCc2nc3c4c(ncn3n2)Oc2ccc3ccccc3c2[C@H]4c2ccc(OC)c(OC)c2)cc1. The fourth-order valence-electron chi connectivity index (χ4n) is 5.46. The number of nitrogens with zero attached hydrogens (tertiary/aromatic N) is 5. The Labute approximate surface area is 247 Å². The van der Waals surface area contributed by atoms with Gasteiger partial charge in [-0.2, -0.15) is 0 Å². The minimum absolute atomic E-state index is 0.0739. The van der Waals surface area contributed by atoms with Crippen LogP contribution in [0.15, 0.2) is 90.3 Å². The summed E-state index contributed by atoms with van der Waals surface area (Å²) in [5.74, 6) is 3.41. The molecule has 0 saturated carbocycles. The van der Waals surface area contributed by atoms with Crippen molar-refractivity contribution in [3.63, 3.8) is 0 Å². The summed E-state index contributed by atoms with van der Waals surface area (Å²) in [6.07, 6.45) is 3.23. The molecule has 0 fully saturated rings. The summed E-state index contributed by atoms with van der Waals surface area (Å²) in [6, 6.07) is 25.7. The minimum Gasteiger partial charge on any atom is -0.497 e. The van der Waals surface area contributed by atoms with Gasteiger partial charge in [0.1, 0.15) is 17.8 Å². The highest BCUT2D eigenvalue weighted by Gasteiger charge is 2.35. The van der Waals surface area contributed by atoms with Crippen molar-refractivity contribution in [2.75, 3.05) is 21.3 Å². The van der Waals surface area contributed by atoms with Gasteiger partial charge in [-0.05, 0) is 64.4 Å². The maximum atomic E-state index is 6.41. The Morgan fingerprint density at radius 3 is 2.53 bits per heavy atom. The van der Waals surface area contributed by atoms with Gasteiger partial charge in [0.15, 0.2) is 29.6 Å². The molecule has 1 atom stereocenters. The van der Waals surface area contributed by atoms with Gasteiger partial charge in [-0.3, -0.25) is 0 Å². The smallest absolute Gasteiger partial charge is 0.228 e. The second-order valence-corrected chi connectivity index (χ2v) is 9.89. The summed E-state index contributed by atoms with van der Waals surface area (Å²) >= 11 is 0. The largest absolute Gasteiger partial charge is 0.497 e. The summed E-state index contributed by atoms with van der Waals surface area (Å²) in [5.41, 5.74) is 4.26. The lowest BCUT2D eigenvalue weighted by Crippen LogP contribution is -2.15. The highest BCUT2D eigenvalue weighted by molar-refractivity contribution is 5.91. The molecule has 4 aromatic carbocycles. The summed E-state index contributed by atoms with van der Waals surface area (Å²) in [5, 5.41) is 10.9. The zero-order valence-electron chi connectivity index (χ0n) is 23.7. The van der Waals surface area contributed by atoms with Crippen LogP contribution in [0.5, 0.6) is 28.9 Å². The Kier molecular flexibility index (Phi) is 6.71. The summed E-state index contributed by atoms with van der Waals surface area (Å²) in [7, 11) is 4.88. The third kappa shape index (κ3) is 4.72. The molecule has 1 aliphatic rings. The van der Waals surface area contributed by atoms with Crippen LogP contribution in [0.4, 0.5) is 0 Å². The van der Waals surface area contributed by atoms with Crippen LogP contribution >= 0.6 is 0 Å². The highest BCUT2D eigenvalue weighted by Crippen LogP contribution is 2.51. The Bertz CT molecular complexity index is 1990. The third-order valence-electron chi connectivity index (χ3n) is 7.47. The molecule has 0 unspecified atom stereocenters. The molecule has 0 N–H and O–H groups in total. The maximum absolute atomic E-state index is 6.41. The van der Waals surface area contributed by atoms with E-state index in [1.165, 1.54) is 0 Å². The van der Waals surface area contributed by atoms with Gasteiger partial charge >= 0.3 is 0 Å². The minimum atomic E-state index is -0.285. The predicted molar refractivity (Wildman–Crippen MR) is 161 cm³/mol. The molecular weight excluding hydrogens is 546 g/mol. The maximum Gasteiger partial charge on any atom is 0.228 e. The van der Waals surface area contributed by atoms with Crippen LogP contribution in [0.2, 0.25) is 0 Å². The van der Waals surface area contributed by atoms with Gasteiger partial charge in [0.25, 0.3) is 0 Å². The normalized spacial score (nSPS) is 13.9. The van der Waals surface area contributed by atoms with E-state index in [1.54, 1.807) is 38.4 Å². The first-order chi connectivity index (χ1) is 21.2. The molecule has 43 heavy (non-hydrogen) atoms.